The number of hydrogen-bond donors (Lipinski definition) is 0. The van der Waals surface area contributed by atoms with E-state index in [1.54, 1.807) is 0 Å². The molecule has 0 amide bonds. The van der Waals surface area contributed by atoms with Crippen LogP contribution in [0.15, 0.2) is 36.4 Å². The molecule has 0 aromatic heterocycles. The Labute approximate surface area is 124 Å². The van der Waals surface area contributed by atoms with Crippen molar-refractivity contribution in [2.24, 2.45) is 0 Å². The van der Waals surface area contributed by atoms with E-state index in [2.05, 4.69) is 6.07 Å². The number of benzene rings is 2. The lowest BCUT2D eigenvalue weighted by Gasteiger charge is -2.24. The normalized spacial score (nSPS) is 18.6. The van der Waals surface area contributed by atoms with Crippen LogP contribution in [0.1, 0.15) is 6.92 Å². The Morgan fingerprint density at radius 2 is 2.00 bits per heavy atom. The molecule has 2 aromatic rings. The summed E-state index contributed by atoms with van der Waals surface area (Å²) in [5.74, 6) is 1.55. The van der Waals surface area contributed by atoms with Crippen molar-refractivity contribution >= 4 is 10.8 Å². The third-order valence-electron chi connectivity index (χ3n) is 3.44. The van der Waals surface area contributed by atoms with Gasteiger partial charge in [0.25, 0.3) is 0 Å². The summed E-state index contributed by atoms with van der Waals surface area (Å²) in [6, 6.07) is 12.1. The predicted molar refractivity (Wildman–Crippen MR) is 81.2 cm³/mol. The molecule has 21 heavy (non-hydrogen) atoms. The quantitative estimate of drug-likeness (QED) is 0.847. The van der Waals surface area contributed by atoms with Crippen LogP contribution in [0.4, 0.5) is 0 Å². The third-order valence-corrected chi connectivity index (χ3v) is 3.44. The molecule has 1 heterocycles. The molecule has 0 unspecified atom stereocenters. The minimum atomic E-state index is -0.0211. The summed E-state index contributed by atoms with van der Waals surface area (Å²) < 4.78 is 22.7. The average Bonchev–Trinajstić information content (AvgIpc) is 2.55. The van der Waals surface area contributed by atoms with Crippen LogP contribution in [0.2, 0.25) is 0 Å². The molecule has 0 aliphatic carbocycles. The van der Waals surface area contributed by atoms with E-state index in [9.17, 15) is 0 Å². The van der Waals surface area contributed by atoms with Crippen LogP contribution in [-0.2, 0) is 9.47 Å². The van der Waals surface area contributed by atoms with Crippen LogP contribution in [0.3, 0.4) is 0 Å². The molecule has 1 aliphatic heterocycles. The highest BCUT2D eigenvalue weighted by atomic mass is 16.6. The van der Waals surface area contributed by atoms with Gasteiger partial charge in [0.2, 0.25) is 0 Å². The van der Waals surface area contributed by atoms with Gasteiger partial charge in [-0.2, -0.15) is 0 Å². The highest BCUT2D eigenvalue weighted by Gasteiger charge is 2.17. The molecule has 1 fully saturated rings. The number of fused-ring (bicyclic) bond motifs is 1. The molecule has 2 aromatic carbocycles. The van der Waals surface area contributed by atoms with E-state index in [4.69, 9.17) is 18.9 Å². The maximum absolute atomic E-state index is 6.01. The van der Waals surface area contributed by atoms with Crippen molar-refractivity contribution in [3.05, 3.63) is 36.4 Å². The fourth-order valence-corrected chi connectivity index (χ4v) is 2.45. The lowest BCUT2D eigenvalue weighted by molar-refractivity contribution is -0.101. The first-order valence-electron chi connectivity index (χ1n) is 7.35. The lowest BCUT2D eigenvalue weighted by Crippen LogP contribution is -2.33. The van der Waals surface area contributed by atoms with Crippen molar-refractivity contribution in [3.8, 4) is 11.5 Å². The molecule has 3 rings (SSSR count). The fourth-order valence-electron chi connectivity index (χ4n) is 2.45. The smallest absolute Gasteiger partial charge is 0.169 e. The molecule has 0 N–H and O–H groups in total. The SMILES string of the molecule is CCOc1ccc2ccccc2c1OC[C@H]1COCCO1. The van der Waals surface area contributed by atoms with Gasteiger partial charge in [0, 0.05) is 5.39 Å². The van der Waals surface area contributed by atoms with Crippen molar-refractivity contribution in [1.82, 2.24) is 0 Å². The Morgan fingerprint density at radius 3 is 2.81 bits per heavy atom. The molecule has 0 saturated carbocycles. The Hall–Kier alpha value is -1.78. The Bertz CT molecular complexity index is 590. The molecule has 112 valence electrons. The molecular formula is C17H20O4. The van der Waals surface area contributed by atoms with Crippen LogP contribution in [0.25, 0.3) is 10.8 Å². The Balaban J connectivity index is 1.84. The molecular weight excluding hydrogens is 268 g/mol. The van der Waals surface area contributed by atoms with E-state index < -0.39 is 0 Å². The second-order valence-corrected chi connectivity index (χ2v) is 4.93. The minimum absolute atomic E-state index is 0.0211. The fraction of sp³-hybridized carbons (Fsp3) is 0.412. The summed E-state index contributed by atoms with van der Waals surface area (Å²) in [5.41, 5.74) is 0. The molecule has 1 saturated heterocycles. The molecule has 1 aliphatic rings. The van der Waals surface area contributed by atoms with Gasteiger partial charge in [-0.05, 0) is 18.4 Å². The maximum atomic E-state index is 6.01. The first-order chi connectivity index (χ1) is 10.4. The van der Waals surface area contributed by atoms with Gasteiger partial charge in [-0.1, -0.05) is 30.3 Å². The zero-order valence-corrected chi connectivity index (χ0v) is 12.2. The number of hydrogen-bond acceptors (Lipinski definition) is 4. The predicted octanol–water partition coefficient (Wildman–Crippen LogP) is 3.03. The lowest BCUT2D eigenvalue weighted by atomic mass is 10.1. The van der Waals surface area contributed by atoms with Gasteiger partial charge in [-0.3, -0.25) is 0 Å². The van der Waals surface area contributed by atoms with Gasteiger partial charge < -0.3 is 18.9 Å². The first-order valence-corrected chi connectivity index (χ1v) is 7.35. The van der Waals surface area contributed by atoms with E-state index in [-0.39, 0.29) is 6.10 Å². The van der Waals surface area contributed by atoms with Crippen molar-refractivity contribution < 1.29 is 18.9 Å². The largest absolute Gasteiger partial charge is 0.490 e. The zero-order chi connectivity index (χ0) is 14.5. The van der Waals surface area contributed by atoms with Gasteiger partial charge in [0.15, 0.2) is 11.5 Å². The highest BCUT2D eigenvalue weighted by molar-refractivity contribution is 5.90. The van der Waals surface area contributed by atoms with Gasteiger partial charge in [-0.15, -0.1) is 0 Å². The summed E-state index contributed by atoms with van der Waals surface area (Å²) in [4.78, 5) is 0. The highest BCUT2D eigenvalue weighted by Crippen LogP contribution is 2.35. The van der Waals surface area contributed by atoms with Crippen molar-refractivity contribution in [1.29, 1.82) is 0 Å². The van der Waals surface area contributed by atoms with E-state index in [0.717, 1.165) is 22.3 Å². The first kappa shape index (κ1) is 14.2. The monoisotopic (exact) mass is 288 g/mol. The molecule has 0 radical (unpaired) electrons. The Kier molecular flexibility index (Phi) is 4.58. The van der Waals surface area contributed by atoms with Gasteiger partial charge >= 0.3 is 0 Å². The molecule has 1 atom stereocenters. The maximum Gasteiger partial charge on any atom is 0.169 e. The van der Waals surface area contributed by atoms with Gasteiger partial charge in [0.1, 0.15) is 12.7 Å². The number of rotatable bonds is 5. The standard InChI is InChI=1S/C17H20O4/c1-2-19-16-8-7-13-5-3-4-6-15(13)17(16)21-12-14-11-18-9-10-20-14/h3-8,14H,2,9-12H2,1H3/t14-/m1/s1. The molecule has 4 nitrogen and oxygen atoms in total. The minimum Gasteiger partial charge on any atom is -0.490 e. The van der Waals surface area contributed by atoms with Gasteiger partial charge in [-0.25, -0.2) is 0 Å². The number of ether oxygens (including phenoxy) is 4. The van der Waals surface area contributed by atoms with E-state index in [0.29, 0.717) is 33.0 Å². The van der Waals surface area contributed by atoms with E-state index >= 15 is 0 Å². The summed E-state index contributed by atoms with van der Waals surface area (Å²) in [7, 11) is 0. The molecule has 0 spiro atoms. The Morgan fingerprint density at radius 1 is 1.10 bits per heavy atom. The summed E-state index contributed by atoms with van der Waals surface area (Å²) >= 11 is 0. The van der Waals surface area contributed by atoms with Crippen molar-refractivity contribution in [2.45, 2.75) is 13.0 Å². The van der Waals surface area contributed by atoms with Crippen LogP contribution in [-0.4, -0.2) is 39.1 Å². The van der Waals surface area contributed by atoms with Crippen LogP contribution in [0.5, 0.6) is 11.5 Å². The van der Waals surface area contributed by atoms with Gasteiger partial charge in [0.05, 0.1) is 26.4 Å². The summed E-state index contributed by atoms with van der Waals surface area (Å²) in [6.45, 7) is 4.91. The second kappa shape index (κ2) is 6.78. The third kappa shape index (κ3) is 3.28. The summed E-state index contributed by atoms with van der Waals surface area (Å²) in [5, 5.41) is 2.19. The zero-order valence-electron chi connectivity index (χ0n) is 12.2. The van der Waals surface area contributed by atoms with Crippen LogP contribution >= 0.6 is 0 Å². The average molecular weight is 288 g/mol. The van der Waals surface area contributed by atoms with Crippen molar-refractivity contribution in [3.63, 3.8) is 0 Å². The summed E-state index contributed by atoms with van der Waals surface area (Å²) in [6.07, 6.45) is -0.0211. The van der Waals surface area contributed by atoms with Crippen LogP contribution in [0, 0.1) is 0 Å². The van der Waals surface area contributed by atoms with Crippen LogP contribution < -0.4 is 9.47 Å². The second-order valence-electron chi connectivity index (χ2n) is 4.93. The molecule has 4 heteroatoms. The van der Waals surface area contributed by atoms with Crippen molar-refractivity contribution in [2.75, 3.05) is 33.0 Å². The van der Waals surface area contributed by atoms with E-state index in [1.165, 1.54) is 0 Å². The van der Waals surface area contributed by atoms with E-state index in [1.807, 2.05) is 37.3 Å². The topological polar surface area (TPSA) is 36.9 Å². The molecule has 0 bridgehead atoms.